The second-order valence-electron chi connectivity index (χ2n) is 6.20. The van der Waals surface area contributed by atoms with E-state index < -0.39 is 26.4 Å². The highest BCUT2D eigenvalue weighted by atomic mass is 32.2. The highest BCUT2D eigenvalue weighted by molar-refractivity contribution is 7.99. The Hall–Kier alpha value is -3.19. The fraction of sp³-hybridized carbons (Fsp3) is 0.211. The average molecular weight is 485 g/mol. The van der Waals surface area contributed by atoms with Gasteiger partial charge in [0.1, 0.15) is 11.5 Å². The van der Waals surface area contributed by atoms with Crippen LogP contribution in [0, 0.1) is 0 Å². The van der Waals surface area contributed by atoms with Gasteiger partial charge in [0.15, 0.2) is 5.82 Å². The number of carbonyl (C=O) groups is 1. The number of H-pyrrole nitrogens is 1. The van der Waals surface area contributed by atoms with Crippen molar-refractivity contribution in [1.82, 2.24) is 15.2 Å². The molecule has 0 aliphatic rings. The number of rotatable bonds is 9. The van der Waals surface area contributed by atoms with E-state index in [-0.39, 0.29) is 11.4 Å². The van der Waals surface area contributed by atoms with E-state index in [1.165, 1.54) is 19.2 Å². The standard InChI is InChI=1S/C19H18F2N4O5S2/c1-29-12-5-8-14(15(9-12)30-2)17-23-19(25-24-17)31-10-16(26)22-11-3-6-13(7-4-11)32(27,28)18(20)21/h3-9,18H,10H2,1-2H3,(H,22,26)(H,23,24,25). The van der Waals surface area contributed by atoms with Crippen LogP contribution in [0.3, 0.4) is 0 Å². The Morgan fingerprint density at radius 1 is 1.16 bits per heavy atom. The Balaban J connectivity index is 1.60. The molecule has 0 radical (unpaired) electrons. The number of halogens is 2. The molecule has 0 aliphatic carbocycles. The smallest absolute Gasteiger partial charge is 0.341 e. The molecule has 0 spiro atoms. The number of alkyl halides is 2. The first kappa shape index (κ1) is 23.5. The summed E-state index contributed by atoms with van der Waals surface area (Å²) in [6.45, 7) is 0. The van der Waals surface area contributed by atoms with E-state index in [0.29, 0.717) is 28.0 Å². The van der Waals surface area contributed by atoms with Gasteiger partial charge >= 0.3 is 5.76 Å². The lowest BCUT2D eigenvalue weighted by atomic mass is 10.2. The summed E-state index contributed by atoms with van der Waals surface area (Å²) in [6, 6.07) is 9.70. The lowest BCUT2D eigenvalue weighted by Crippen LogP contribution is -2.15. The Kier molecular flexibility index (Phi) is 7.30. The normalized spacial score (nSPS) is 11.4. The number of hydrogen-bond acceptors (Lipinski definition) is 8. The van der Waals surface area contributed by atoms with Crippen molar-refractivity contribution in [2.45, 2.75) is 15.8 Å². The van der Waals surface area contributed by atoms with Gasteiger partial charge in [-0.25, -0.2) is 13.4 Å². The number of carbonyl (C=O) groups excluding carboxylic acids is 1. The summed E-state index contributed by atoms with van der Waals surface area (Å²) >= 11 is 1.07. The minimum Gasteiger partial charge on any atom is -0.497 e. The summed E-state index contributed by atoms with van der Waals surface area (Å²) in [4.78, 5) is 16.0. The van der Waals surface area contributed by atoms with Crippen LogP contribution in [0.25, 0.3) is 11.4 Å². The molecule has 2 aromatic carbocycles. The van der Waals surface area contributed by atoms with Crippen LogP contribution >= 0.6 is 11.8 Å². The number of aromatic nitrogens is 3. The first-order valence-corrected chi connectivity index (χ1v) is 11.5. The number of benzene rings is 2. The summed E-state index contributed by atoms with van der Waals surface area (Å²) in [7, 11) is -1.62. The van der Waals surface area contributed by atoms with E-state index in [0.717, 1.165) is 23.9 Å². The van der Waals surface area contributed by atoms with Crippen molar-refractivity contribution in [3.05, 3.63) is 42.5 Å². The monoisotopic (exact) mass is 484 g/mol. The Morgan fingerprint density at radius 3 is 2.50 bits per heavy atom. The topological polar surface area (TPSA) is 123 Å². The molecule has 0 unspecified atom stereocenters. The summed E-state index contributed by atoms with van der Waals surface area (Å²) in [5.74, 6) is -2.35. The van der Waals surface area contributed by atoms with Gasteiger partial charge in [-0.15, -0.1) is 5.10 Å². The van der Waals surface area contributed by atoms with Crippen LogP contribution in [-0.2, 0) is 14.6 Å². The summed E-state index contributed by atoms with van der Waals surface area (Å²) in [6.07, 6.45) is 0. The Bertz CT molecular complexity index is 1200. The Labute approximate surface area is 186 Å². The van der Waals surface area contributed by atoms with Crippen LogP contribution < -0.4 is 14.8 Å². The number of sulfone groups is 1. The van der Waals surface area contributed by atoms with Gasteiger partial charge in [-0.05, 0) is 36.4 Å². The molecule has 2 N–H and O–H groups in total. The molecule has 0 fully saturated rings. The highest BCUT2D eigenvalue weighted by Gasteiger charge is 2.26. The molecule has 3 rings (SSSR count). The quantitative estimate of drug-likeness (QED) is 0.444. The van der Waals surface area contributed by atoms with Crippen LogP contribution in [0.5, 0.6) is 11.5 Å². The van der Waals surface area contributed by atoms with Crippen molar-refractivity contribution in [3.8, 4) is 22.9 Å². The third kappa shape index (κ3) is 5.34. The number of thioether (sulfide) groups is 1. The average Bonchev–Trinajstić information content (AvgIpc) is 3.26. The van der Waals surface area contributed by atoms with Gasteiger partial charge in [0, 0.05) is 11.8 Å². The molecule has 0 saturated heterocycles. The lowest BCUT2D eigenvalue weighted by Gasteiger charge is -2.07. The van der Waals surface area contributed by atoms with E-state index in [9.17, 15) is 22.0 Å². The highest BCUT2D eigenvalue weighted by Crippen LogP contribution is 2.32. The molecule has 9 nitrogen and oxygen atoms in total. The molecule has 0 bridgehead atoms. The minimum absolute atomic E-state index is 0.0336. The van der Waals surface area contributed by atoms with Crippen LogP contribution in [-0.4, -0.2) is 55.2 Å². The zero-order valence-corrected chi connectivity index (χ0v) is 18.5. The number of hydrogen-bond donors (Lipinski definition) is 2. The molecular formula is C19H18F2N4O5S2. The molecule has 0 aliphatic heterocycles. The van der Waals surface area contributed by atoms with E-state index in [4.69, 9.17) is 9.47 Å². The Morgan fingerprint density at radius 2 is 1.88 bits per heavy atom. The minimum atomic E-state index is -4.68. The molecule has 1 amide bonds. The second-order valence-corrected chi connectivity index (χ2v) is 9.06. The SMILES string of the molecule is COc1ccc(-c2nc(SCC(=O)Nc3ccc(S(=O)(=O)C(F)F)cc3)n[nH]2)c(OC)c1. The first-order valence-electron chi connectivity index (χ1n) is 8.94. The predicted octanol–water partition coefficient (Wildman–Crippen LogP) is 3.22. The van der Waals surface area contributed by atoms with Crippen molar-refractivity contribution in [3.63, 3.8) is 0 Å². The third-order valence-corrected chi connectivity index (χ3v) is 6.41. The number of ether oxygens (including phenoxy) is 2. The van der Waals surface area contributed by atoms with Crippen LogP contribution in [0.1, 0.15) is 0 Å². The van der Waals surface area contributed by atoms with E-state index in [2.05, 4.69) is 20.5 Å². The van der Waals surface area contributed by atoms with Gasteiger partial charge in [-0.2, -0.15) is 8.78 Å². The van der Waals surface area contributed by atoms with Crippen LogP contribution in [0.15, 0.2) is 52.5 Å². The number of amides is 1. The number of aromatic amines is 1. The predicted molar refractivity (Wildman–Crippen MR) is 114 cm³/mol. The van der Waals surface area contributed by atoms with Crippen molar-refractivity contribution < 1.29 is 31.5 Å². The molecule has 13 heteroatoms. The first-order chi connectivity index (χ1) is 15.2. The number of methoxy groups -OCH3 is 2. The van der Waals surface area contributed by atoms with Crippen molar-refractivity contribution in [2.75, 3.05) is 25.3 Å². The largest absolute Gasteiger partial charge is 0.497 e. The summed E-state index contributed by atoms with van der Waals surface area (Å²) < 4.78 is 58.5. The fourth-order valence-corrected chi connectivity index (χ4v) is 3.90. The van der Waals surface area contributed by atoms with E-state index >= 15 is 0 Å². The number of anilines is 1. The molecular weight excluding hydrogens is 466 g/mol. The van der Waals surface area contributed by atoms with Gasteiger partial charge in [-0.1, -0.05) is 11.8 Å². The maximum absolute atomic E-state index is 12.6. The third-order valence-electron chi connectivity index (χ3n) is 4.16. The summed E-state index contributed by atoms with van der Waals surface area (Å²) in [5.41, 5.74) is 0.929. The second kappa shape index (κ2) is 9.96. The van der Waals surface area contributed by atoms with Crippen molar-refractivity contribution in [1.29, 1.82) is 0 Å². The van der Waals surface area contributed by atoms with Crippen LogP contribution in [0.2, 0.25) is 0 Å². The zero-order valence-electron chi connectivity index (χ0n) is 16.8. The molecule has 1 heterocycles. The van der Waals surface area contributed by atoms with Gasteiger partial charge in [0.05, 0.1) is 30.4 Å². The number of nitrogens with zero attached hydrogens (tertiary/aromatic N) is 2. The van der Waals surface area contributed by atoms with E-state index in [1.54, 1.807) is 25.3 Å². The van der Waals surface area contributed by atoms with Crippen molar-refractivity contribution >= 4 is 33.2 Å². The number of nitrogens with one attached hydrogen (secondary N) is 2. The molecule has 1 aromatic heterocycles. The molecule has 3 aromatic rings. The fourth-order valence-electron chi connectivity index (χ4n) is 2.58. The van der Waals surface area contributed by atoms with Crippen LogP contribution in [0.4, 0.5) is 14.5 Å². The molecule has 32 heavy (non-hydrogen) atoms. The maximum atomic E-state index is 12.6. The van der Waals surface area contributed by atoms with Gasteiger partial charge in [-0.3, -0.25) is 9.89 Å². The van der Waals surface area contributed by atoms with Gasteiger partial charge in [0.2, 0.25) is 20.9 Å². The zero-order chi connectivity index (χ0) is 23.3. The maximum Gasteiger partial charge on any atom is 0.341 e. The van der Waals surface area contributed by atoms with E-state index in [1.807, 2.05) is 0 Å². The molecule has 0 saturated carbocycles. The van der Waals surface area contributed by atoms with Gasteiger partial charge < -0.3 is 14.8 Å². The van der Waals surface area contributed by atoms with Gasteiger partial charge in [0.25, 0.3) is 0 Å². The summed E-state index contributed by atoms with van der Waals surface area (Å²) in [5, 5.41) is 9.72. The molecule has 0 atom stereocenters. The lowest BCUT2D eigenvalue weighted by molar-refractivity contribution is -0.113. The van der Waals surface area contributed by atoms with Crippen molar-refractivity contribution in [2.24, 2.45) is 0 Å². The molecule has 170 valence electrons.